The van der Waals surface area contributed by atoms with Crippen molar-refractivity contribution in [3.05, 3.63) is 71.8 Å². The maximum absolute atomic E-state index is 12.2. The van der Waals surface area contributed by atoms with Crippen LogP contribution in [-0.4, -0.2) is 38.6 Å². The highest BCUT2D eigenvalue weighted by atomic mass is 16.5. The summed E-state index contributed by atoms with van der Waals surface area (Å²) in [6.07, 6.45) is -0.263. The molecule has 9 heteroatoms. The summed E-state index contributed by atoms with van der Waals surface area (Å²) in [5, 5.41) is 5.32. The SMILES string of the molecule is COc1ccc(OC)c(NC(=O)COC(=O)CCC(=O)Nc2ccc(Oc3ccc(C)c(C)c3)cc2)c1. The zero-order chi connectivity index (χ0) is 26.8. The number of aryl methyl sites for hydroxylation is 2. The van der Waals surface area contributed by atoms with Gasteiger partial charge in [0.05, 0.1) is 26.3 Å². The number of benzene rings is 3. The number of rotatable bonds is 11. The zero-order valence-corrected chi connectivity index (χ0v) is 21.3. The van der Waals surface area contributed by atoms with E-state index in [-0.39, 0.29) is 18.7 Å². The molecule has 2 N–H and O–H groups in total. The summed E-state index contributed by atoms with van der Waals surface area (Å²) in [6.45, 7) is 3.56. The van der Waals surface area contributed by atoms with Gasteiger partial charge >= 0.3 is 5.97 Å². The molecule has 0 atom stereocenters. The monoisotopic (exact) mass is 506 g/mol. The number of carbonyl (C=O) groups is 3. The minimum atomic E-state index is -0.667. The van der Waals surface area contributed by atoms with Gasteiger partial charge in [0, 0.05) is 18.2 Å². The Labute approximate surface area is 215 Å². The average Bonchev–Trinajstić information content (AvgIpc) is 2.89. The molecule has 3 aromatic rings. The van der Waals surface area contributed by atoms with Crippen LogP contribution in [0, 0.1) is 13.8 Å². The third-order valence-corrected chi connectivity index (χ3v) is 5.45. The molecule has 0 aliphatic rings. The number of carbonyl (C=O) groups excluding carboxylic acids is 3. The molecule has 0 radical (unpaired) electrons. The Balaban J connectivity index is 1.40. The molecule has 0 aliphatic carbocycles. The van der Waals surface area contributed by atoms with Crippen LogP contribution in [0.1, 0.15) is 24.0 Å². The number of anilines is 2. The predicted octanol–water partition coefficient (Wildman–Crippen LogP) is 5.01. The molecule has 37 heavy (non-hydrogen) atoms. The first-order chi connectivity index (χ1) is 17.8. The van der Waals surface area contributed by atoms with Crippen LogP contribution in [-0.2, 0) is 19.1 Å². The molecule has 9 nitrogen and oxygen atoms in total. The Bertz CT molecular complexity index is 1260. The fourth-order valence-corrected chi connectivity index (χ4v) is 3.28. The molecule has 0 bridgehead atoms. The first-order valence-corrected chi connectivity index (χ1v) is 11.6. The van der Waals surface area contributed by atoms with Crippen LogP contribution in [0.2, 0.25) is 0 Å². The van der Waals surface area contributed by atoms with Crippen molar-refractivity contribution in [3.8, 4) is 23.0 Å². The van der Waals surface area contributed by atoms with Gasteiger partial charge in [-0.25, -0.2) is 0 Å². The van der Waals surface area contributed by atoms with Crippen molar-refractivity contribution in [2.45, 2.75) is 26.7 Å². The van der Waals surface area contributed by atoms with Crippen molar-refractivity contribution < 1.29 is 33.3 Å². The lowest BCUT2D eigenvalue weighted by atomic mass is 10.1. The minimum Gasteiger partial charge on any atom is -0.497 e. The quantitative estimate of drug-likeness (QED) is 0.352. The number of esters is 1. The molecule has 0 unspecified atom stereocenters. The number of nitrogens with one attached hydrogen (secondary N) is 2. The van der Waals surface area contributed by atoms with Gasteiger partial charge in [-0.05, 0) is 73.5 Å². The summed E-state index contributed by atoms with van der Waals surface area (Å²) < 4.78 is 21.1. The first-order valence-electron chi connectivity index (χ1n) is 11.6. The molecular formula is C28H30N2O7. The van der Waals surface area contributed by atoms with Crippen LogP contribution >= 0.6 is 0 Å². The van der Waals surface area contributed by atoms with Crippen LogP contribution < -0.4 is 24.8 Å². The number of hydrogen-bond acceptors (Lipinski definition) is 7. The molecular weight excluding hydrogens is 476 g/mol. The van der Waals surface area contributed by atoms with Crippen molar-refractivity contribution in [2.24, 2.45) is 0 Å². The van der Waals surface area contributed by atoms with E-state index in [1.165, 1.54) is 19.8 Å². The fraction of sp³-hybridized carbons (Fsp3) is 0.250. The lowest BCUT2D eigenvalue weighted by Crippen LogP contribution is -2.22. The summed E-state index contributed by atoms with van der Waals surface area (Å²) in [7, 11) is 2.97. The lowest BCUT2D eigenvalue weighted by molar-refractivity contribution is -0.147. The van der Waals surface area contributed by atoms with Crippen molar-refractivity contribution in [1.82, 2.24) is 0 Å². The Kier molecular flexibility index (Phi) is 9.48. The Morgan fingerprint density at radius 3 is 2.08 bits per heavy atom. The lowest BCUT2D eigenvalue weighted by Gasteiger charge is -2.12. The summed E-state index contributed by atoms with van der Waals surface area (Å²) in [6, 6.07) is 17.7. The van der Waals surface area contributed by atoms with Crippen molar-refractivity contribution in [1.29, 1.82) is 0 Å². The highest BCUT2D eigenvalue weighted by Gasteiger charge is 2.13. The van der Waals surface area contributed by atoms with E-state index < -0.39 is 18.5 Å². The molecule has 0 saturated heterocycles. The predicted molar refractivity (Wildman–Crippen MR) is 139 cm³/mol. The maximum Gasteiger partial charge on any atom is 0.306 e. The van der Waals surface area contributed by atoms with Crippen molar-refractivity contribution in [3.63, 3.8) is 0 Å². The molecule has 2 amide bonds. The second-order valence-electron chi connectivity index (χ2n) is 8.20. The number of hydrogen-bond donors (Lipinski definition) is 2. The zero-order valence-electron chi connectivity index (χ0n) is 21.3. The number of amides is 2. The van der Waals surface area contributed by atoms with E-state index in [9.17, 15) is 14.4 Å². The van der Waals surface area contributed by atoms with Gasteiger partial charge in [0.2, 0.25) is 5.91 Å². The van der Waals surface area contributed by atoms with Crippen molar-refractivity contribution >= 4 is 29.2 Å². The van der Waals surface area contributed by atoms with E-state index in [0.29, 0.717) is 28.6 Å². The first kappa shape index (κ1) is 27.1. The molecule has 0 saturated carbocycles. The number of methoxy groups -OCH3 is 2. The van der Waals surface area contributed by atoms with E-state index in [2.05, 4.69) is 10.6 Å². The molecule has 0 heterocycles. The Morgan fingerprint density at radius 1 is 0.703 bits per heavy atom. The van der Waals surface area contributed by atoms with Gasteiger partial charge in [0.1, 0.15) is 23.0 Å². The topological polar surface area (TPSA) is 112 Å². The Morgan fingerprint density at radius 2 is 1.41 bits per heavy atom. The largest absolute Gasteiger partial charge is 0.497 e. The molecule has 0 aromatic heterocycles. The van der Waals surface area contributed by atoms with E-state index in [1.807, 2.05) is 32.0 Å². The van der Waals surface area contributed by atoms with Crippen LogP contribution in [0.25, 0.3) is 0 Å². The van der Waals surface area contributed by atoms with E-state index in [4.69, 9.17) is 18.9 Å². The smallest absolute Gasteiger partial charge is 0.306 e. The van der Waals surface area contributed by atoms with E-state index in [1.54, 1.807) is 42.5 Å². The van der Waals surface area contributed by atoms with Crippen LogP contribution in [0.4, 0.5) is 11.4 Å². The van der Waals surface area contributed by atoms with Gasteiger partial charge in [-0.3, -0.25) is 14.4 Å². The van der Waals surface area contributed by atoms with Gasteiger partial charge < -0.3 is 29.6 Å². The Hall–Kier alpha value is -4.53. The third kappa shape index (κ3) is 8.28. The summed E-state index contributed by atoms with van der Waals surface area (Å²) in [5.41, 5.74) is 3.27. The average molecular weight is 507 g/mol. The van der Waals surface area contributed by atoms with Crippen LogP contribution in [0.15, 0.2) is 60.7 Å². The standard InChI is InChI=1S/C28H30N2O7/c1-18-5-8-23(15-19(18)2)37-21-9-6-20(7-10-21)29-26(31)13-14-28(33)36-17-27(32)30-24-16-22(34-3)11-12-25(24)35-4/h5-12,15-16H,13-14,17H2,1-4H3,(H,29,31)(H,30,32). The van der Waals surface area contributed by atoms with Gasteiger partial charge in [-0.1, -0.05) is 6.07 Å². The molecule has 3 rings (SSSR count). The van der Waals surface area contributed by atoms with Crippen LogP contribution in [0.5, 0.6) is 23.0 Å². The highest BCUT2D eigenvalue weighted by molar-refractivity contribution is 5.95. The van der Waals surface area contributed by atoms with E-state index in [0.717, 1.165) is 11.3 Å². The van der Waals surface area contributed by atoms with Gasteiger partial charge in [-0.2, -0.15) is 0 Å². The normalized spacial score (nSPS) is 10.3. The van der Waals surface area contributed by atoms with Crippen molar-refractivity contribution in [2.75, 3.05) is 31.5 Å². The molecule has 0 spiro atoms. The summed E-state index contributed by atoms with van der Waals surface area (Å²) >= 11 is 0. The highest BCUT2D eigenvalue weighted by Crippen LogP contribution is 2.29. The fourth-order valence-electron chi connectivity index (χ4n) is 3.28. The molecule has 194 valence electrons. The summed E-state index contributed by atoms with van der Waals surface area (Å²) in [5.74, 6) is 0.756. The van der Waals surface area contributed by atoms with Gasteiger partial charge in [0.25, 0.3) is 5.91 Å². The van der Waals surface area contributed by atoms with Crippen LogP contribution in [0.3, 0.4) is 0 Å². The minimum absolute atomic E-state index is 0.0922. The summed E-state index contributed by atoms with van der Waals surface area (Å²) in [4.78, 5) is 36.4. The third-order valence-electron chi connectivity index (χ3n) is 5.45. The molecule has 0 fully saturated rings. The van der Waals surface area contributed by atoms with Gasteiger partial charge in [-0.15, -0.1) is 0 Å². The maximum atomic E-state index is 12.2. The second-order valence-corrected chi connectivity index (χ2v) is 8.20. The van der Waals surface area contributed by atoms with E-state index >= 15 is 0 Å². The second kappa shape index (κ2) is 13.0. The molecule has 0 aliphatic heterocycles. The number of ether oxygens (including phenoxy) is 4. The molecule has 3 aromatic carbocycles. The van der Waals surface area contributed by atoms with Gasteiger partial charge in [0.15, 0.2) is 6.61 Å².